The number of carbonyl (C=O) groups is 1. The molecule has 10 nitrogen and oxygen atoms in total. The van der Waals surface area contributed by atoms with Crippen molar-refractivity contribution in [2.75, 3.05) is 26.2 Å². The lowest BCUT2D eigenvalue weighted by molar-refractivity contribution is -0.384. The number of amides is 1. The first-order valence-corrected chi connectivity index (χ1v) is 14.9. The number of hydrogen-bond acceptors (Lipinski definition) is 6. The predicted molar refractivity (Wildman–Crippen MR) is 170 cm³/mol. The number of rotatable bonds is 8. The van der Waals surface area contributed by atoms with Crippen LogP contribution >= 0.6 is 11.6 Å². The Morgan fingerprint density at radius 3 is 2.55 bits per heavy atom. The number of aromatic amines is 1. The summed E-state index contributed by atoms with van der Waals surface area (Å²) < 4.78 is 1.44. The average Bonchev–Trinajstić information content (AvgIpc) is 3.29. The highest BCUT2D eigenvalue weighted by molar-refractivity contribution is 6.31. The highest BCUT2D eigenvalue weighted by Gasteiger charge is 2.29. The lowest BCUT2D eigenvalue weighted by atomic mass is 10.0. The van der Waals surface area contributed by atoms with Gasteiger partial charge in [0, 0.05) is 56.0 Å². The van der Waals surface area contributed by atoms with E-state index in [0.29, 0.717) is 43.2 Å². The van der Waals surface area contributed by atoms with E-state index in [1.807, 2.05) is 59.5 Å². The van der Waals surface area contributed by atoms with Gasteiger partial charge >= 0.3 is 0 Å². The minimum Gasteiger partial charge on any atom is -0.341 e. The van der Waals surface area contributed by atoms with Crippen LogP contribution in [0.3, 0.4) is 0 Å². The van der Waals surface area contributed by atoms with Gasteiger partial charge in [-0.05, 0) is 47.9 Å². The third-order valence-corrected chi connectivity index (χ3v) is 8.25. The van der Waals surface area contributed by atoms with E-state index in [2.05, 4.69) is 9.88 Å². The molecule has 2 aromatic heterocycles. The first kappa shape index (κ1) is 29.3. The summed E-state index contributed by atoms with van der Waals surface area (Å²) in [5.41, 5.74) is 2.89. The van der Waals surface area contributed by atoms with Gasteiger partial charge in [-0.2, -0.15) is 0 Å². The van der Waals surface area contributed by atoms with Crippen LogP contribution in [-0.2, 0) is 17.8 Å². The molecule has 0 radical (unpaired) electrons. The predicted octanol–water partition coefficient (Wildman–Crippen LogP) is 5.47. The molecule has 0 saturated carbocycles. The van der Waals surface area contributed by atoms with E-state index in [9.17, 15) is 19.7 Å². The zero-order valence-corrected chi connectivity index (χ0v) is 24.7. The standard InChI is InChI=1S/C33H31ClN6O4/c34-25-11-12-29(40(43)44)26(21-25)24-13-16-39(32(41)20-24)30(19-23-7-2-1-3-8-23)33(42)38-15-6-14-37(17-18-38)22-31-35-27-9-4-5-10-28(27)36-31/h1-5,7-13,16,20-21,30H,6,14-15,17-19,22H2,(H,35,36). The number of hydrogen-bond donors (Lipinski definition) is 1. The molecule has 0 spiro atoms. The number of imidazole rings is 1. The van der Waals surface area contributed by atoms with Crippen LogP contribution in [0, 0.1) is 10.1 Å². The first-order chi connectivity index (χ1) is 21.4. The van der Waals surface area contributed by atoms with E-state index in [1.54, 1.807) is 12.3 Å². The number of carbonyl (C=O) groups excluding carboxylic acids is 1. The van der Waals surface area contributed by atoms with Crippen LogP contribution in [0.15, 0.2) is 95.9 Å². The quantitative estimate of drug-likeness (QED) is 0.184. The normalized spacial score (nSPS) is 14.8. The third kappa shape index (κ3) is 6.41. The Labute approximate surface area is 258 Å². The molecular weight excluding hydrogens is 580 g/mol. The molecule has 3 heterocycles. The molecule has 0 bridgehead atoms. The Morgan fingerprint density at radius 1 is 0.977 bits per heavy atom. The number of pyridine rings is 1. The van der Waals surface area contributed by atoms with Crippen molar-refractivity contribution in [3.8, 4) is 11.1 Å². The lowest BCUT2D eigenvalue weighted by Crippen LogP contribution is -2.42. The third-order valence-electron chi connectivity index (χ3n) is 8.02. The largest absolute Gasteiger partial charge is 0.341 e. The summed E-state index contributed by atoms with van der Waals surface area (Å²) in [4.78, 5) is 51.1. The highest BCUT2D eigenvalue weighted by Crippen LogP contribution is 2.32. The summed E-state index contributed by atoms with van der Waals surface area (Å²) in [5.74, 6) is 0.752. The minimum absolute atomic E-state index is 0.136. The maximum absolute atomic E-state index is 14.2. The Kier molecular flexibility index (Phi) is 8.53. The molecule has 1 atom stereocenters. The van der Waals surface area contributed by atoms with Gasteiger partial charge in [-0.15, -0.1) is 0 Å². The van der Waals surface area contributed by atoms with E-state index >= 15 is 0 Å². The Balaban J connectivity index is 1.25. The molecule has 3 aromatic carbocycles. The fourth-order valence-corrected chi connectivity index (χ4v) is 5.98. The van der Waals surface area contributed by atoms with Crippen molar-refractivity contribution in [2.24, 2.45) is 0 Å². The number of nitrogens with one attached hydrogen (secondary N) is 1. The molecule has 1 unspecified atom stereocenters. The van der Waals surface area contributed by atoms with Crippen LogP contribution in [0.5, 0.6) is 0 Å². The highest BCUT2D eigenvalue weighted by atomic mass is 35.5. The zero-order valence-electron chi connectivity index (χ0n) is 23.9. The number of fused-ring (bicyclic) bond motifs is 1. The SMILES string of the molecule is O=C(C(Cc1ccccc1)n1ccc(-c2cc(Cl)ccc2[N+](=O)[O-])cc1=O)N1CCCN(Cc2nc3ccccc3[nH]2)CC1. The molecule has 1 fully saturated rings. The molecular formula is C33H31ClN6O4. The smallest absolute Gasteiger partial charge is 0.277 e. The molecule has 224 valence electrons. The molecule has 44 heavy (non-hydrogen) atoms. The summed E-state index contributed by atoms with van der Waals surface area (Å²) in [5, 5.41) is 12.0. The van der Waals surface area contributed by atoms with E-state index in [4.69, 9.17) is 16.6 Å². The van der Waals surface area contributed by atoms with Crippen LogP contribution < -0.4 is 5.56 Å². The first-order valence-electron chi connectivity index (χ1n) is 14.5. The van der Waals surface area contributed by atoms with Crippen LogP contribution in [0.4, 0.5) is 5.69 Å². The van der Waals surface area contributed by atoms with Gasteiger partial charge in [0.2, 0.25) is 5.91 Å². The number of benzene rings is 3. The van der Waals surface area contributed by atoms with Crippen molar-refractivity contribution in [3.05, 3.63) is 128 Å². The van der Waals surface area contributed by atoms with Gasteiger partial charge in [0.15, 0.2) is 0 Å². The molecule has 1 amide bonds. The summed E-state index contributed by atoms with van der Waals surface area (Å²) in [6, 6.07) is 23.9. The minimum atomic E-state index is -0.782. The summed E-state index contributed by atoms with van der Waals surface area (Å²) in [6.45, 7) is 3.24. The van der Waals surface area contributed by atoms with Crippen LogP contribution in [0.2, 0.25) is 5.02 Å². The van der Waals surface area contributed by atoms with Crippen molar-refractivity contribution in [1.29, 1.82) is 0 Å². The summed E-state index contributed by atoms with van der Waals surface area (Å²) in [7, 11) is 0. The fraction of sp³-hybridized carbons (Fsp3) is 0.242. The molecule has 1 aliphatic rings. The zero-order chi connectivity index (χ0) is 30.6. The van der Waals surface area contributed by atoms with E-state index in [1.165, 1.54) is 28.8 Å². The maximum atomic E-state index is 14.2. The molecule has 5 aromatic rings. The van der Waals surface area contributed by atoms with Gasteiger partial charge in [0.25, 0.3) is 11.2 Å². The van der Waals surface area contributed by atoms with Crippen LogP contribution in [0.25, 0.3) is 22.2 Å². The van der Waals surface area contributed by atoms with Gasteiger partial charge in [-0.25, -0.2) is 4.98 Å². The number of para-hydroxylation sites is 2. The second kappa shape index (κ2) is 12.8. The van der Waals surface area contributed by atoms with Gasteiger partial charge in [0.05, 0.1) is 28.1 Å². The molecule has 1 N–H and O–H groups in total. The Hall–Kier alpha value is -4.80. The van der Waals surface area contributed by atoms with Gasteiger partial charge < -0.3 is 14.5 Å². The summed E-state index contributed by atoms with van der Waals surface area (Å²) >= 11 is 6.13. The molecule has 0 aliphatic carbocycles. The van der Waals surface area contributed by atoms with E-state index < -0.39 is 16.5 Å². The van der Waals surface area contributed by atoms with Crippen LogP contribution in [0.1, 0.15) is 23.9 Å². The van der Waals surface area contributed by atoms with Gasteiger partial charge in [0.1, 0.15) is 11.9 Å². The van der Waals surface area contributed by atoms with Crippen molar-refractivity contribution >= 4 is 34.2 Å². The second-order valence-corrected chi connectivity index (χ2v) is 11.4. The average molecular weight is 611 g/mol. The van der Waals surface area contributed by atoms with Gasteiger partial charge in [-0.1, -0.05) is 54.1 Å². The van der Waals surface area contributed by atoms with E-state index in [-0.39, 0.29) is 17.2 Å². The van der Waals surface area contributed by atoms with Gasteiger partial charge in [-0.3, -0.25) is 24.6 Å². The molecule has 1 saturated heterocycles. The number of nitrogens with zero attached hydrogens (tertiary/aromatic N) is 5. The summed E-state index contributed by atoms with van der Waals surface area (Å²) in [6.07, 6.45) is 2.67. The maximum Gasteiger partial charge on any atom is 0.277 e. The fourth-order valence-electron chi connectivity index (χ4n) is 5.81. The lowest BCUT2D eigenvalue weighted by Gasteiger charge is -2.28. The number of H-pyrrole nitrogens is 1. The van der Waals surface area contributed by atoms with E-state index in [0.717, 1.165) is 35.4 Å². The van der Waals surface area contributed by atoms with Crippen molar-refractivity contribution in [2.45, 2.75) is 25.4 Å². The molecule has 1 aliphatic heterocycles. The van der Waals surface area contributed by atoms with Crippen molar-refractivity contribution < 1.29 is 9.72 Å². The monoisotopic (exact) mass is 610 g/mol. The number of nitro benzene ring substituents is 1. The topological polar surface area (TPSA) is 117 Å². The number of halogens is 1. The van der Waals surface area contributed by atoms with Crippen molar-refractivity contribution in [3.63, 3.8) is 0 Å². The van der Waals surface area contributed by atoms with Crippen LogP contribution in [-0.4, -0.2) is 61.3 Å². The molecule has 11 heteroatoms. The number of aromatic nitrogens is 3. The number of nitro groups is 1. The Bertz CT molecular complexity index is 1840. The van der Waals surface area contributed by atoms with Crippen molar-refractivity contribution in [1.82, 2.24) is 24.3 Å². The Morgan fingerprint density at radius 2 is 1.77 bits per heavy atom. The molecule has 6 rings (SSSR count). The second-order valence-electron chi connectivity index (χ2n) is 10.9.